The lowest BCUT2D eigenvalue weighted by Crippen LogP contribution is -2.49. The summed E-state index contributed by atoms with van der Waals surface area (Å²) in [4.78, 5) is 22.4. The van der Waals surface area contributed by atoms with Crippen LogP contribution in [0.4, 0.5) is 5.69 Å². The van der Waals surface area contributed by atoms with E-state index in [0.717, 1.165) is 56.2 Å². The minimum Gasteiger partial charge on any atom is -0.385 e. The molecule has 0 aliphatic carbocycles. The predicted octanol–water partition coefficient (Wildman–Crippen LogP) is 2.89. The van der Waals surface area contributed by atoms with Crippen LogP contribution < -0.4 is 10.1 Å². The van der Waals surface area contributed by atoms with Gasteiger partial charge in [0.25, 0.3) is 0 Å². The number of thiazole rings is 1. The van der Waals surface area contributed by atoms with Crippen LogP contribution in [0.1, 0.15) is 12.1 Å². The predicted molar refractivity (Wildman–Crippen MR) is 130 cm³/mol. The maximum Gasteiger partial charge on any atom is 0.234 e. The summed E-state index contributed by atoms with van der Waals surface area (Å²) >= 11 is 7.79. The van der Waals surface area contributed by atoms with Gasteiger partial charge >= 0.3 is 0 Å². The molecular formula is C23H32ClN5O2S. The third kappa shape index (κ3) is 7.56. The Bertz CT molecular complexity index is 950. The Morgan fingerprint density at radius 1 is 1.31 bits per heavy atom. The zero-order valence-electron chi connectivity index (χ0n) is 18.6. The van der Waals surface area contributed by atoms with E-state index in [1.54, 1.807) is 24.5 Å². The van der Waals surface area contributed by atoms with Crippen LogP contribution in [0.25, 0.3) is 0 Å². The molecule has 1 amide bonds. The molecule has 1 fully saturated rings. The fraction of sp³-hybridized carbons (Fsp3) is 0.478. The summed E-state index contributed by atoms with van der Waals surface area (Å²) in [6, 6.07) is 7.62. The van der Waals surface area contributed by atoms with Crippen LogP contribution in [0.15, 0.2) is 47.3 Å². The molecule has 174 valence electrons. The van der Waals surface area contributed by atoms with Crippen LogP contribution in [0.2, 0.25) is 5.02 Å². The monoisotopic (exact) mass is 477 g/mol. The fourth-order valence-electron chi connectivity index (χ4n) is 3.62. The van der Waals surface area contributed by atoms with Gasteiger partial charge in [0.2, 0.25) is 5.91 Å². The Morgan fingerprint density at radius 3 is 2.81 bits per heavy atom. The van der Waals surface area contributed by atoms with Crippen LogP contribution in [-0.4, -0.2) is 73.3 Å². The summed E-state index contributed by atoms with van der Waals surface area (Å²) in [5.41, 5.74) is 2.11. The van der Waals surface area contributed by atoms with Crippen molar-refractivity contribution in [3.05, 3.63) is 57.8 Å². The minimum absolute atomic E-state index is 0.0550. The SMILES string of the molecule is C=CCNC(=O)CN1CCN(Cc2csc(=Nc3cccc(Cl)c3)n2CCCOC)CC1. The van der Waals surface area contributed by atoms with Crippen LogP contribution in [0.3, 0.4) is 0 Å². The lowest BCUT2D eigenvalue weighted by atomic mass is 10.3. The number of piperazine rings is 1. The number of methoxy groups -OCH3 is 1. The summed E-state index contributed by atoms with van der Waals surface area (Å²) in [5, 5.41) is 5.73. The van der Waals surface area contributed by atoms with Gasteiger partial charge in [-0.1, -0.05) is 23.7 Å². The first-order valence-electron chi connectivity index (χ1n) is 10.9. The van der Waals surface area contributed by atoms with Gasteiger partial charge in [-0.2, -0.15) is 0 Å². The number of halogens is 1. The Morgan fingerprint density at radius 2 is 2.09 bits per heavy atom. The molecule has 0 saturated carbocycles. The number of nitrogens with zero attached hydrogens (tertiary/aromatic N) is 4. The van der Waals surface area contributed by atoms with Crippen LogP contribution in [-0.2, 0) is 22.6 Å². The van der Waals surface area contributed by atoms with Crippen LogP contribution >= 0.6 is 22.9 Å². The van der Waals surface area contributed by atoms with Crippen molar-refractivity contribution in [1.29, 1.82) is 0 Å². The Labute approximate surface area is 199 Å². The zero-order chi connectivity index (χ0) is 22.8. The van der Waals surface area contributed by atoms with Crippen molar-refractivity contribution in [1.82, 2.24) is 19.7 Å². The van der Waals surface area contributed by atoms with E-state index in [1.165, 1.54) is 5.69 Å². The molecule has 9 heteroatoms. The summed E-state index contributed by atoms with van der Waals surface area (Å²) < 4.78 is 7.55. The number of carbonyl (C=O) groups is 1. The fourth-order valence-corrected chi connectivity index (χ4v) is 4.74. The molecule has 3 rings (SSSR count). The third-order valence-electron chi connectivity index (χ3n) is 5.30. The lowest BCUT2D eigenvalue weighted by Gasteiger charge is -2.34. The maximum absolute atomic E-state index is 11.9. The highest BCUT2D eigenvalue weighted by molar-refractivity contribution is 7.07. The van der Waals surface area contributed by atoms with Gasteiger partial charge in [-0.25, -0.2) is 4.99 Å². The van der Waals surface area contributed by atoms with Crippen molar-refractivity contribution in [3.8, 4) is 0 Å². The van der Waals surface area contributed by atoms with E-state index in [-0.39, 0.29) is 5.91 Å². The van der Waals surface area contributed by atoms with E-state index >= 15 is 0 Å². The second-order valence-corrected chi connectivity index (χ2v) is 9.02. The first kappa shape index (κ1) is 24.7. The Hall–Kier alpha value is -1.97. The molecule has 2 heterocycles. The minimum atomic E-state index is 0.0550. The van der Waals surface area contributed by atoms with Gasteiger partial charge in [0.1, 0.15) is 0 Å². The molecule has 0 bridgehead atoms. The molecule has 1 aliphatic rings. The number of hydrogen-bond donors (Lipinski definition) is 1. The second-order valence-electron chi connectivity index (χ2n) is 7.74. The molecule has 1 N–H and O–H groups in total. The van der Waals surface area contributed by atoms with E-state index in [4.69, 9.17) is 21.3 Å². The number of rotatable bonds is 11. The van der Waals surface area contributed by atoms with E-state index in [1.807, 2.05) is 24.3 Å². The first-order chi connectivity index (χ1) is 15.6. The number of nitrogens with one attached hydrogen (secondary N) is 1. The third-order valence-corrected chi connectivity index (χ3v) is 6.45. The van der Waals surface area contributed by atoms with Crippen molar-refractivity contribution in [3.63, 3.8) is 0 Å². The van der Waals surface area contributed by atoms with Crippen molar-refractivity contribution in [2.24, 2.45) is 4.99 Å². The standard InChI is InChI=1S/C23H32ClN5O2S/c1-3-8-25-22(30)17-28-12-10-27(11-13-28)16-21-18-32-23(29(21)9-5-14-31-2)26-20-7-4-6-19(24)15-20/h3-4,6-7,15,18H,1,5,8-14,16-17H2,2H3,(H,25,30). The normalized spacial score (nSPS) is 15.8. The largest absolute Gasteiger partial charge is 0.385 e. The molecule has 1 aromatic heterocycles. The summed E-state index contributed by atoms with van der Waals surface area (Å²) in [6.07, 6.45) is 2.63. The van der Waals surface area contributed by atoms with Crippen LogP contribution in [0, 0.1) is 0 Å². The number of hydrogen-bond acceptors (Lipinski definition) is 6. The van der Waals surface area contributed by atoms with Gasteiger partial charge in [-0.15, -0.1) is 17.9 Å². The molecule has 2 aromatic rings. The van der Waals surface area contributed by atoms with E-state index in [2.05, 4.69) is 31.6 Å². The number of carbonyl (C=O) groups excluding carboxylic acids is 1. The second kappa shape index (κ2) is 12.9. The Balaban J connectivity index is 1.65. The number of aromatic nitrogens is 1. The van der Waals surface area contributed by atoms with Gasteiger partial charge in [0, 0.05) is 75.6 Å². The van der Waals surface area contributed by atoms with Crippen molar-refractivity contribution in [2.45, 2.75) is 19.5 Å². The first-order valence-corrected chi connectivity index (χ1v) is 12.1. The van der Waals surface area contributed by atoms with Crippen LogP contribution in [0.5, 0.6) is 0 Å². The van der Waals surface area contributed by atoms with Gasteiger partial charge in [0.05, 0.1) is 12.2 Å². The summed E-state index contributed by atoms with van der Waals surface area (Å²) in [7, 11) is 1.73. The average molecular weight is 478 g/mol. The van der Waals surface area contributed by atoms with Gasteiger partial charge in [-0.3, -0.25) is 14.6 Å². The van der Waals surface area contributed by atoms with Gasteiger partial charge in [-0.05, 0) is 24.6 Å². The van der Waals surface area contributed by atoms with Crippen molar-refractivity contribution >= 4 is 34.5 Å². The highest BCUT2D eigenvalue weighted by atomic mass is 35.5. The zero-order valence-corrected chi connectivity index (χ0v) is 20.2. The molecule has 1 saturated heterocycles. The quantitative estimate of drug-likeness (QED) is 0.399. The molecule has 0 radical (unpaired) electrons. The van der Waals surface area contributed by atoms with E-state index < -0.39 is 0 Å². The number of ether oxygens (including phenoxy) is 1. The molecule has 0 atom stereocenters. The maximum atomic E-state index is 11.9. The Kier molecular flexibility index (Phi) is 9.95. The highest BCUT2D eigenvalue weighted by Gasteiger charge is 2.20. The molecule has 7 nitrogen and oxygen atoms in total. The molecule has 0 spiro atoms. The van der Waals surface area contributed by atoms with E-state index in [0.29, 0.717) is 24.7 Å². The molecule has 1 aromatic carbocycles. The van der Waals surface area contributed by atoms with Gasteiger partial charge < -0.3 is 14.6 Å². The molecular weight excluding hydrogens is 446 g/mol. The smallest absolute Gasteiger partial charge is 0.234 e. The van der Waals surface area contributed by atoms with E-state index in [9.17, 15) is 4.79 Å². The summed E-state index contributed by atoms with van der Waals surface area (Å²) in [5.74, 6) is 0.0550. The van der Waals surface area contributed by atoms with Gasteiger partial charge in [0.15, 0.2) is 4.80 Å². The molecule has 32 heavy (non-hydrogen) atoms. The average Bonchev–Trinajstić information content (AvgIpc) is 3.15. The highest BCUT2D eigenvalue weighted by Crippen LogP contribution is 2.18. The topological polar surface area (TPSA) is 62.1 Å². The molecule has 0 unspecified atom stereocenters. The van der Waals surface area contributed by atoms with Crippen molar-refractivity contribution < 1.29 is 9.53 Å². The lowest BCUT2D eigenvalue weighted by molar-refractivity contribution is -0.122. The number of benzene rings is 1. The molecule has 1 aliphatic heterocycles. The van der Waals surface area contributed by atoms with Crippen molar-refractivity contribution in [2.75, 3.05) is 53.0 Å². The number of amides is 1. The summed E-state index contributed by atoms with van der Waals surface area (Å²) in [6.45, 7) is 10.7.